The Hall–Kier alpha value is -5.44. The van der Waals surface area contributed by atoms with E-state index in [-0.39, 0.29) is 30.8 Å². The quantitative estimate of drug-likeness (QED) is 0.112. The standard InChI is InChI=1S/C24H26N8O5.C2H4O2/c1-35-17-12-15(13-18(20(17)36-2)37-11-10-33)19(29-16-6-4-14(5-7-16)21(25)26)22-30-24(34)32(31-22)23-27-8-3-9-28-23;1-2(3)4/h3-9,12-13,19,29,33H,10-11H2,1-2H3,(H3,25,26)(H,30,31,34);1H3,(H,3,4). The van der Waals surface area contributed by atoms with Crippen LogP contribution in [-0.4, -0.2) is 74.2 Å². The monoisotopic (exact) mass is 566 g/mol. The molecule has 0 aliphatic heterocycles. The Bertz CT molecular complexity index is 1520. The number of nitrogen functional groups attached to an aromatic ring is 1. The second-order valence-corrected chi connectivity index (χ2v) is 8.19. The highest BCUT2D eigenvalue weighted by molar-refractivity contribution is 5.95. The summed E-state index contributed by atoms with van der Waals surface area (Å²) in [4.78, 5) is 32.7. The number of H-pyrrole nitrogens is 1. The SMILES string of the molecule is CC(=O)O.COc1cc(C(Nc2ccc(C(=N)N)cc2)c2nn(-c3ncccn3)c(=O)[nH]2)cc(OCCO)c1OC. The molecule has 1 unspecified atom stereocenters. The molecule has 2 heterocycles. The van der Waals surface area contributed by atoms with Crippen molar-refractivity contribution in [3.05, 3.63) is 82.3 Å². The van der Waals surface area contributed by atoms with Crippen molar-refractivity contribution >= 4 is 17.5 Å². The highest BCUT2D eigenvalue weighted by atomic mass is 16.5. The van der Waals surface area contributed by atoms with Gasteiger partial charge in [-0.2, -0.15) is 0 Å². The molecule has 7 N–H and O–H groups in total. The minimum Gasteiger partial charge on any atom is -0.493 e. The van der Waals surface area contributed by atoms with Crippen LogP contribution < -0.4 is 31.0 Å². The van der Waals surface area contributed by atoms with Gasteiger partial charge >= 0.3 is 5.69 Å². The van der Waals surface area contributed by atoms with Crippen molar-refractivity contribution in [3.63, 3.8) is 0 Å². The molecule has 0 bridgehead atoms. The van der Waals surface area contributed by atoms with E-state index in [1.54, 1.807) is 42.5 Å². The third kappa shape index (κ3) is 7.79. The number of amidine groups is 1. The first-order valence-electron chi connectivity index (χ1n) is 12.0. The van der Waals surface area contributed by atoms with E-state index in [0.29, 0.717) is 34.1 Å². The Labute approximate surface area is 234 Å². The zero-order chi connectivity index (χ0) is 29.9. The van der Waals surface area contributed by atoms with Gasteiger partial charge in [-0.25, -0.2) is 14.8 Å². The van der Waals surface area contributed by atoms with E-state index >= 15 is 0 Å². The number of ether oxygens (including phenoxy) is 3. The van der Waals surface area contributed by atoms with Gasteiger partial charge in [0.1, 0.15) is 18.5 Å². The number of hydrogen-bond acceptors (Lipinski definition) is 11. The molecule has 1 atom stereocenters. The van der Waals surface area contributed by atoms with Crippen LogP contribution in [0, 0.1) is 5.41 Å². The number of aromatic amines is 1. The van der Waals surface area contributed by atoms with Crippen molar-refractivity contribution in [2.75, 3.05) is 32.8 Å². The number of aromatic nitrogens is 5. The predicted molar refractivity (Wildman–Crippen MR) is 148 cm³/mol. The minimum atomic E-state index is -0.833. The summed E-state index contributed by atoms with van der Waals surface area (Å²) in [6, 6.07) is 11.3. The van der Waals surface area contributed by atoms with Gasteiger partial charge in [0.25, 0.3) is 11.9 Å². The first kappa shape index (κ1) is 30.1. The average Bonchev–Trinajstić information content (AvgIpc) is 3.35. The van der Waals surface area contributed by atoms with Crippen LogP contribution in [0.25, 0.3) is 5.95 Å². The molecule has 2 aromatic heterocycles. The fraction of sp³-hybridized carbons (Fsp3) is 0.231. The summed E-state index contributed by atoms with van der Waals surface area (Å²) in [7, 11) is 2.97. The van der Waals surface area contributed by atoms with Crippen molar-refractivity contribution in [2.45, 2.75) is 13.0 Å². The smallest absolute Gasteiger partial charge is 0.350 e. The van der Waals surface area contributed by atoms with Gasteiger partial charge in [-0.05, 0) is 48.0 Å². The maximum absolute atomic E-state index is 12.8. The molecule has 0 fully saturated rings. The van der Waals surface area contributed by atoms with Crippen molar-refractivity contribution < 1.29 is 29.2 Å². The number of benzene rings is 2. The molecule has 0 radical (unpaired) electrons. The summed E-state index contributed by atoms with van der Waals surface area (Å²) >= 11 is 0. The van der Waals surface area contributed by atoms with Gasteiger partial charge in [0.2, 0.25) is 5.75 Å². The molecular weight excluding hydrogens is 536 g/mol. The van der Waals surface area contributed by atoms with Gasteiger partial charge in [-0.15, -0.1) is 9.78 Å². The van der Waals surface area contributed by atoms with Crippen molar-refractivity contribution in [3.8, 4) is 23.2 Å². The van der Waals surface area contributed by atoms with Crippen LogP contribution >= 0.6 is 0 Å². The molecule has 15 nitrogen and oxygen atoms in total. The van der Waals surface area contributed by atoms with E-state index in [1.807, 2.05) is 0 Å². The topological polar surface area (TPSA) is 224 Å². The molecule has 216 valence electrons. The number of hydrogen-bond donors (Lipinski definition) is 6. The summed E-state index contributed by atoms with van der Waals surface area (Å²) < 4.78 is 17.7. The third-order valence-electron chi connectivity index (χ3n) is 5.31. The van der Waals surface area contributed by atoms with Crippen LogP contribution in [0.15, 0.2) is 59.7 Å². The van der Waals surface area contributed by atoms with E-state index in [2.05, 4.69) is 25.4 Å². The maximum Gasteiger partial charge on any atom is 0.350 e. The second kappa shape index (κ2) is 14.1. The maximum atomic E-state index is 12.8. The largest absolute Gasteiger partial charge is 0.493 e. The molecule has 2 aromatic carbocycles. The van der Waals surface area contributed by atoms with Crippen LogP contribution in [0.2, 0.25) is 0 Å². The molecule has 0 saturated carbocycles. The zero-order valence-electron chi connectivity index (χ0n) is 22.5. The second-order valence-electron chi connectivity index (χ2n) is 8.19. The molecule has 4 aromatic rings. The van der Waals surface area contributed by atoms with Gasteiger partial charge in [0.15, 0.2) is 17.3 Å². The number of nitrogens with two attached hydrogens (primary N) is 1. The van der Waals surface area contributed by atoms with Crippen LogP contribution in [-0.2, 0) is 4.79 Å². The number of anilines is 1. The van der Waals surface area contributed by atoms with Gasteiger partial charge in [-0.1, -0.05) is 0 Å². The van der Waals surface area contributed by atoms with Gasteiger partial charge < -0.3 is 35.5 Å². The summed E-state index contributed by atoms with van der Waals surface area (Å²) in [6.45, 7) is 0.916. The number of carbonyl (C=O) groups is 1. The van der Waals surface area contributed by atoms with Crippen LogP contribution in [0.1, 0.15) is 29.9 Å². The molecule has 41 heavy (non-hydrogen) atoms. The summed E-state index contributed by atoms with van der Waals surface area (Å²) in [5.41, 5.74) is 6.88. The Kier molecular flexibility index (Phi) is 10.3. The highest BCUT2D eigenvalue weighted by Crippen LogP contribution is 2.41. The van der Waals surface area contributed by atoms with E-state index < -0.39 is 17.7 Å². The first-order chi connectivity index (χ1) is 19.7. The first-order valence-corrected chi connectivity index (χ1v) is 12.0. The zero-order valence-corrected chi connectivity index (χ0v) is 22.5. The highest BCUT2D eigenvalue weighted by Gasteiger charge is 2.25. The lowest BCUT2D eigenvalue weighted by atomic mass is 10.0. The number of nitrogens with one attached hydrogen (secondary N) is 3. The molecule has 15 heteroatoms. The van der Waals surface area contributed by atoms with Gasteiger partial charge in [0.05, 0.1) is 20.8 Å². The van der Waals surface area contributed by atoms with Crippen molar-refractivity contribution in [2.24, 2.45) is 5.73 Å². The number of aliphatic carboxylic acids is 1. The fourth-order valence-electron chi connectivity index (χ4n) is 3.61. The van der Waals surface area contributed by atoms with Crippen LogP contribution in [0.3, 0.4) is 0 Å². The molecule has 4 rings (SSSR count). The molecular formula is C26H30N8O7. The van der Waals surface area contributed by atoms with Crippen LogP contribution in [0.4, 0.5) is 5.69 Å². The fourth-order valence-corrected chi connectivity index (χ4v) is 3.61. The Balaban J connectivity index is 0.00000108. The average molecular weight is 567 g/mol. The Morgan fingerprint density at radius 1 is 1.15 bits per heavy atom. The lowest BCUT2D eigenvalue weighted by molar-refractivity contribution is -0.134. The van der Waals surface area contributed by atoms with Gasteiger partial charge in [-0.3, -0.25) is 15.2 Å². The van der Waals surface area contributed by atoms with Crippen molar-refractivity contribution in [1.82, 2.24) is 24.7 Å². The number of aliphatic hydroxyl groups excluding tert-OH is 1. The number of methoxy groups -OCH3 is 2. The molecule has 0 aliphatic carbocycles. The van der Waals surface area contributed by atoms with E-state index in [1.165, 1.54) is 26.6 Å². The normalized spacial score (nSPS) is 11.0. The Morgan fingerprint density at radius 2 is 1.78 bits per heavy atom. The summed E-state index contributed by atoms with van der Waals surface area (Å²) in [5.74, 6) is 0.533. The van der Waals surface area contributed by atoms with Crippen LogP contribution in [0.5, 0.6) is 17.2 Å². The van der Waals surface area contributed by atoms with E-state index in [9.17, 15) is 9.90 Å². The number of carboxylic acids is 1. The lowest BCUT2D eigenvalue weighted by Crippen LogP contribution is -2.18. The third-order valence-corrected chi connectivity index (χ3v) is 5.31. The van der Waals surface area contributed by atoms with E-state index in [0.717, 1.165) is 11.6 Å². The van der Waals surface area contributed by atoms with Crippen molar-refractivity contribution in [1.29, 1.82) is 5.41 Å². The summed E-state index contributed by atoms with van der Waals surface area (Å²) in [5, 5.41) is 32.1. The summed E-state index contributed by atoms with van der Waals surface area (Å²) in [6.07, 6.45) is 3.02. The van der Waals surface area contributed by atoms with Gasteiger partial charge in [0, 0.05) is 30.6 Å². The van der Waals surface area contributed by atoms with E-state index in [4.69, 9.17) is 35.3 Å². The number of carboxylic acid groups (broad SMARTS) is 1. The lowest BCUT2D eigenvalue weighted by Gasteiger charge is -2.21. The Morgan fingerprint density at radius 3 is 2.34 bits per heavy atom. The number of rotatable bonds is 11. The number of aliphatic hydroxyl groups is 1. The minimum absolute atomic E-state index is 0.0321. The molecule has 0 spiro atoms. The predicted octanol–water partition coefficient (Wildman–Crippen LogP) is 1.32. The molecule has 0 saturated heterocycles. The molecule has 0 aliphatic rings. The molecule has 0 amide bonds. The number of nitrogens with zero attached hydrogens (tertiary/aromatic N) is 4.